The Morgan fingerprint density at radius 1 is 1.05 bits per heavy atom. The molecule has 0 amide bonds. The van der Waals surface area contributed by atoms with Gasteiger partial charge in [-0.2, -0.15) is 0 Å². The van der Waals surface area contributed by atoms with E-state index in [1.54, 1.807) is 24.3 Å². The molecule has 1 rings (SSSR count). The highest BCUT2D eigenvalue weighted by atomic mass is 32.2. The number of aliphatic hydroxyl groups is 1. The summed E-state index contributed by atoms with van der Waals surface area (Å²) in [6, 6.07) is 6.76. The predicted octanol–water partition coefficient (Wildman–Crippen LogP) is 3.12. The standard InChI is InChI=1S/C16H25NO3S/c1-14-8-10-16(11-9-14)21(19,20)13-15(17)7-5-3-2-4-6-12-18/h8-11,17-18H,2-7,12-13H2,1H3. The maximum Gasteiger partial charge on any atom is 0.183 e. The van der Waals surface area contributed by atoms with Crippen molar-refractivity contribution in [3.05, 3.63) is 29.8 Å². The Balaban J connectivity index is 2.38. The molecule has 0 aliphatic carbocycles. The first-order valence-electron chi connectivity index (χ1n) is 7.42. The van der Waals surface area contributed by atoms with Crippen LogP contribution >= 0.6 is 0 Å². The highest BCUT2D eigenvalue weighted by Gasteiger charge is 2.16. The van der Waals surface area contributed by atoms with Crippen LogP contribution in [-0.4, -0.2) is 31.6 Å². The zero-order chi connectivity index (χ0) is 15.7. The summed E-state index contributed by atoms with van der Waals surface area (Å²) in [5.74, 6) is -0.188. The minimum Gasteiger partial charge on any atom is -0.396 e. The fourth-order valence-corrected chi connectivity index (χ4v) is 3.43. The maximum atomic E-state index is 12.2. The second-order valence-electron chi connectivity index (χ2n) is 5.42. The fraction of sp³-hybridized carbons (Fsp3) is 0.562. The number of hydrogen-bond acceptors (Lipinski definition) is 4. The van der Waals surface area contributed by atoms with E-state index in [9.17, 15) is 8.42 Å². The van der Waals surface area contributed by atoms with Gasteiger partial charge in [0, 0.05) is 12.3 Å². The lowest BCUT2D eigenvalue weighted by atomic mass is 10.1. The topological polar surface area (TPSA) is 78.2 Å². The maximum absolute atomic E-state index is 12.2. The minimum atomic E-state index is -3.39. The summed E-state index contributed by atoms with van der Waals surface area (Å²) < 4.78 is 24.3. The second kappa shape index (κ2) is 8.95. The Kier molecular flexibility index (Phi) is 7.61. The van der Waals surface area contributed by atoms with Crippen LogP contribution in [0.2, 0.25) is 0 Å². The molecule has 0 aliphatic heterocycles. The third-order valence-electron chi connectivity index (χ3n) is 3.38. The molecule has 0 spiro atoms. The van der Waals surface area contributed by atoms with Crippen molar-refractivity contribution in [2.75, 3.05) is 12.4 Å². The molecule has 0 heterocycles. The van der Waals surface area contributed by atoms with E-state index in [4.69, 9.17) is 10.5 Å². The first kappa shape index (κ1) is 17.9. The van der Waals surface area contributed by atoms with Gasteiger partial charge in [-0.05, 0) is 38.3 Å². The molecule has 118 valence electrons. The molecule has 5 heteroatoms. The van der Waals surface area contributed by atoms with Crippen molar-refractivity contribution >= 4 is 15.5 Å². The van der Waals surface area contributed by atoms with Gasteiger partial charge in [0.15, 0.2) is 9.84 Å². The molecule has 0 bridgehead atoms. The molecule has 0 saturated heterocycles. The van der Waals surface area contributed by atoms with E-state index >= 15 is 0 Å². The van der Waals surface area contributed by atoms with E-state index in [2.05, 4.69) is 0 Å². The van der Waals surface area contributed by atoms with Gasteiger partial charge in [0.1, 0.15) is 0 Å². The van der Waals surface area contributed by atoms with Gasteiger partial charge in [0.25, 0.3) is 0 Å². The number of nitrogens with one attached hydrogen (secondary N) is 1. The number of aliphatic hydroxyl groups excluding tert-OH is 1. The lowest BCUT2D eigenvalue weighted by Crippen LogP contribution is -2.15. The highest BCUT2D eigenvalue weighted by Crippen LogP contribution is 2.14. The van der Waals surface area contributed by atoms with E-state index < -0.39 is 9.84 Å². The molecule has 2 N–H and O–H groups in total. The normalized spacial score (nSPS) is 11.5. The summed E-state index contributed by atoms with van der Waals surface area (Å²) >= 11 is 0. The van der Waals surface area contributed by atoms with E-state index in [0.29, 0.717) is 11.3 Å². The molecule has 0 atom stereocenters. The number of sulfone groups is 1. The first-order chi connectivity index (χ1) is 9.95. The summed E-state index contributed by atoms with van der Waals surface area (Å²) in [5.41, 5.74) is 1.30. The molecule has 0 radical (unpaired) electrons. The number of hydrogen-bond donors (Lipinski definition) is 2. The van der Waals surface area contributed by atoms with Gasteiger partial charge in [-0.1, -0.05) is 37.0 Å². The first-order valence-corrected chi connectivity index (χ1v) is 9.07. The van der Waals surface area contributed by atoms with Crippen LogP contribution in [0, 0.1) is 12.3 Å². The molecule has 1 aromatic carbocycles. The van der Waals surface area contributed by atoms with E-state index in [-0.39, 0.29) is 18.1 Å². The molecule has 21 heavy (non-hydrogen) atoms. The van der Waals surface area contributed by atoms with Crippen LogP contribution in [0.3, 0.4) is 0 Å². The summed E-state index contributed by atoms with van der Waals surface area (Å²) in [6.45, 7) is 2.14. The zero-order valence-corrected chi connectivity index (χ0v) is 13.5. The van der Waals surface area contributed by atoms with Gasteiger partial charge in [-0.15, -0.1) is 0 Å². The smallest absolute Gasteiger partial charge is 0.183 e. The molecule has 0 unspecified atom stereocenters. The Morgan fingerprint density at radius 2 is 1.62 bits per heavy atom. The van der Waals surface area contributed by atoms with Crippen LogP contribution < -0.4 is 0 Å². The molecule has 0 aliphatic rings. The third-order valence-corrected chi connectivity index (χ3v) is 5.10. The Bertz CT molecular complexity index is 535. The van der Waals surface area contributed by atoms with Crippen molar-refractivity contribution in [2.24, 2.45) is 0 Å². The quantitative estimate of drug-likeness (QED) is 0.515. The Hall–Kier alpha value is -1.20. The number of benzene rings is 1. The summed E-state index contributed by atoms with van der Waals surface area (Å²) in [6.07, 6.45) is 5.19. The van der Waals surface area contributed by atoms with Crippen LogP contribution in [0.1, 0.15) is 44.1 Å². The minimum absolute atomic E-state index is 0.188. The number of rotatable bonds is 10. The average Bonchev–Trinajstić information content (AvgIpc) is 2.42. The van der Waals surface area contributed by atoms with Gasteiger partial charge in [-0.3, -0.25) is 0 Å². The molecular formula is C16H25NO3S. The summed E-state index contributed by atoms with van der Waals surface area (Å²) in [7, 11) is -3.39. The van der Waals surface area contributed by atoms with Gasteiger partial charge in [-0.25, -0.2) is 8.42 Å². The van der Waals surface area contributed by atoms with Crippen molar-refractivity contribution < 1.29 is 13.5 Å². The largest absolute Gasteiger partial charge is 0.396 e. The molecule has 1 aromatic rings. The van der Waals surface area contributed by atoms with E-state index in [1.165, 1.54) is 0 Å². The van der Waals surface area contributed by atoms with Crippen molar-refractivity contribution in [1.82, 2.24) is 0 Å². The average molecular weight is 311 g/mol. The van der Waals surface area contributed by atoms with Crippen molar-refractivity contribution in [3.8, 4) is 0 Å². The molecular weight excluding hydrogens is 286 g/mol. The van der Waals surface area contributed by atoms with Crippen LogP contribution in [0.4, 0.5) is 0 Å². The van der Waals surface area contributed by atoms with Gasteiger partial charge in [0.2, 0.25) is 0 Å². The third kappa shape index (κ3) is 6.87. The second-order valence-corrected chi connectivity index (χ2v) is 7.41. The van der Waals surface area contributed by atoms with Crippen LogP contribution in [0.15, 0.2) is 29.2 Å². The van der Waals surface area contributed by atoms with Crippen molar-refractivity contribution in [2.45, 2.75) is 50.3 Å². The van der Waals surface area contributed by atoms with Crippen LogP contribution in [-0.2, 0) is 9.84 Å². The summed E-state index contributed by atoms with van der Waals surface area (Å²) in [4.78, 5) is 0.292. The molecule has 0 saturated carbocycles. The van der Waals surface area contributed by atoms with Gasteiger partial charge in [0.05, 0.1) is 10.6 Å². The Morgan fingerprint density at radius 3 is 2.24 bits per heavy atom. The van der Waals surface area contributed by atoms with Gasteiger partial charge >= 0.3 is 0 Å². The molecule has 4 nitrogen and oxygen atoms in total. The molecule has 0 fully saturated rings. The monoisotopic (exact) mass is 311 g/mol. The van der Waals surface area contributed by atoms with Crippen molar-refractivity contribution in [1.29, 1.82) is 5.41 Å². The SMILES string of the molecule is Cc1ccc(S(=O)(=O)CC(=N)CCCCCCCO)cc1. The van der Waals surface area contributed by atoms with E-state index in [0.717, 1.165) is 37.7 Å². The number of aryl methyl sites for hydroxylation is 1. The van der Waals surface area contributed by atoms with Crippen LogP contribution in [0.5, 0.6) is 0 Å². The molecule has 0 aromatic heterocycles. The van der Waals surface area contributed by atoms with Crippen LogP contribution in [0.25, 0.3) is 0 Å². The lowest BCUT2D eigenvalue weighted by molar-refractivity contribution is 0.282. The summed E-state index contributed by atoms with van der Waals surface area (Å²) in [5, 5.41) is 16.5. The predicted molar refractivity (Wildman–Crippen MR) is 85.7 cm³/mol. The number of unbranched alkanes of at least 4 members (excludes halogenated alkanes) is 4. The van der Waals surface area contributed by atoms with Gasteiger partial charge < -0.3 is 10.5 Å². The van der Waals surface area contributed by atoms with E-state index in [1.807, 2.05) is 6.92 Å². The Labute approximate surface area is 127 Å². The fourth-order valence-electron chi connectivity index (χ4n) is 2.11. The highest BCUT2D eigenvalue weighted by molar-refractivity contribution is 7.92. The zero-order valence-electron chi connectivity index (χ0n) is 12.6. The van der Waals surface area contributed by atoms with Crippen molar-refractivity contribution in [3.63, 3.8) is 0 Å². The lowest BCUT2D eigenvalue weighted by Gasteiger charge is -2.07.